The summed E-state index contributed by atoms with van der Waals surface area (Å²) in [6.07, 6.45) is -4.83. The summed E-state index contributed by atoms with van der Waals surface area (Å²) in [5.41, 5.74) is -1.68. The van der Waals surface area contributed by atoms with Crippen LogP contribution in [0, 0.1) is 17.2 Å². The zero-order chi connectivity index (χ0) is 21.8. The van der Waals surface area contributed by atoms with Crippen molar-refractivity contribution < 1.29 is 30.8 Å². The summed E-state index contributed by atoms with van der Waals surface area (Å²) >= 11 is 0. The van der Waals surface area contributed by atoms with Crippen molar-refractivity contribution in [3.05, 3.63) is 59.4 Å². The maximum Gasteiger partial charge on any atom is 0.418 e. The van der Waals surface area contributed by atoms with Crippen LogP contribution in [0.1, 0.15) is 30.9 Å². The number of hydrogen-bond donors (Lipinski definition) is 2. The molecule has 0 unspecified atom stereocenters. The number of amides is 1. The number of nitrogens with two attached hydrogens (primary N) is 1. The molecule has 10 heteroatoms. The van der Waals surface area contributed by atoms with Crippen LogP contribution in [0.25, 0.3) is 0 Å². The number of hydrogen-bond acceptors (Lipinski definition) is 3. The number of carbonyl (C=O) groups is 1. The van der Waals surface area contributed by atoms with Gasteiger partial charge >= 0.3 is 6.18 Å². The standard InChI is InChI=1S/C19H18F4N2O3S/c1-18(2)15(10-3-6-12(7-4-10)29(24,27)28)16(18)17(26)25-14-8-5-11(20)9-13(14)19(21,22)23/h3-9,15-16H,1-2H3,(H,25,26)(H2,24,27,28)/t15-,16+/m1/s1. The minimum Gasteiger partial charge on any atom is -0.325 e. The molecule has 2 aromatic carbocycles. The minimum absolute atomic E-state index is 0.0816. The van der Waals surface area contributed by atoms with Gasteiger partial charge in [0.2, 0.25) is 15.9 Å². The molecule has 3 rings (SSSR count). The molecule has 1 amide bonds. The van der Waals surface area contributed by atoms with Gasteiger partial charge in [-0.15, -0.1) is 0 Å². The second kappa shape index (κ2) is 6.81. The topological polar surface area (TPSA) is 89.3 Å². The Labute approximate surface area is 165 Å². The molecule has 0 bridgehead atoms. The second-order valence-electron chi connectivity index (χ2n) is 7.57. The molecule has 1 saturated carbocycles. The lowest BCUT2D eigenvalue weighted by Crippen LogP contribution is -2.20. The Morgan fingerprint density at radius 1 is 1.10 bits per heavy atom. The van der Waals surface area contributed by atoms with Crippen molar-refractivity contribution in [2.24, 2.45) is 16.5 Å². The van der Waals surface area contributed by atoms with Crippen LogP contribution in [0.4, 0.5) is 23.2 Å². The van der Waals surface area contributed by atoms with Gasteiger partial charge in [0.15, 0.2) is 0 Å². The van der Waals surface area contributed by atoms with Gasteiger partial charge in [0, 0.05) is 5.92 Å². The average Bonchev–Trinajstić information content (AvgIpc) is 3.17. The molecule has 0 heterocycles. The summed E-state index contributed by atoms with van der Waals surface area (Å²) in [5.74, 6) is -2.66. The zero-order valence-electron chi connectivity index (χ0n) is 15.4. The first-order valence-electron chi connectivity index (χ1n) is 8.53. The molecule has 0 aromatic heterocycles. The quantitative estimate of drug-likeness (QED) is 0.722. The van der Waals surface area contributed by atoms with E-state index in [0.717, 1.165) is 12.1 Å². The molecule has 1 aliphatic rings. The number of halogens is 4. The number of rotatable bonds is 4. The molecule has 1 aliphatic carbocycles. The third-order valence-electron chi connectivity index (χ3n) is 5.22. The number of benzene rings is 2. The van der Waals surface area contributed by atoms with Gasteiger partial charge in [-0.1, -0.05) is 26.0 Å². The number of primary sulfonamides is 1. The Morgan fingerprint density at radius 2 is 1.69 bits per heavy atom. The summed E-state index contributed by atoms with van der Waals surface area (Å²) in [6, 6.07) is 7.73. The molecule has 29 heavy (non-hydrogen) atoms. The SMILES string of the molecule is CC1(C)[C@H](C(=O)Nc2ccc(F)cc2C(F)(F)F)[C@H]1c1ccc(S(N)(=O)=O)cc1. The third kappa shape index (κ3) is 4.13. The first-order chi connectivity index (χ1) is 13.2. The van der Waals surface area contributed by atoms with Crippen molar-refractivity contribution in [3.63, 3.8) is 0 Å². The summed E-state index contributed by atoms with van der Waals surface area (Å²) in [6.45, 7) is 3.57. The van der Waals surface area contributed by atoms with E-state index in [-0.39, 0.29) is 10.8 Å². The van der Waals surface area contributed by atoms with Crippen molar-refractivity contribution >= 4 is 21.6 Å². The fourth-order valence-corrected chi connectivity index (χ4v) is 4.20. The highest BCUT2D eigenvalue weighted by Crippen LogP contribution is 2.64. The molecule has 2 aromatic rings. The maximum absolute atomic E-state index is 13.2. The van der Waals surface area contributed by atoms with Crippen molar-refractivity contribution in [2.45, 2.75) is 30.8 Å². The van der Waals surface area contributed by atoms with E-state index in [1.807, 2.05) is 0 Å². The van der Waals surface area contributed by atoms with E-state index >= 15 is 0 Å². The largest absolute Gasteiger partial charge is 0.418 e. The molecule has 2 atom stereocenters. The number of carbonyl (C=O) groups excluding carboxylic acids is 1. The Kier molecular flexibility index (Phi) is 4.99. The predicted octanol–water partition coefficient (Wildman–Crippen LogP) is 3.87. The number of anilines is 1. The Balaban J connectivity index is 1.84. The molecule has 5 nitrogen and oxygen atoms in total. The molecule has 156 valence electrons. The molecule has 3 N–H and O–H groups in total. The maximum atomic E-state index is 13.2. The van der Waals surface area contributed by atoms with Crippen LogP contribution in [0.5, 0.6) is 0 Å². The average molecular weight is 430 g/mol. The van der Waals surface area contributed by atoms with E-state index in [4.69, 9.17) is 5.14 Å². The van der Waals surface area contributed by atoms with E-state index < -0.39 is 50.5 Å². The Bertz CT molecular complexity index is 1060. The zero-order valence-corrected chi connectivity index (χ0v) is 16.2. The molecule has 0 spiro atoms. The lowest BCUT2D eigenvalue weighted by Gasteiger charge is -2.14. The van der Waals surface area contributed by atoms with E-state index in [1.165, 1.54) is 24.3 Å². The van der Waals surface area contributed by atoms with E-state index in [1.54, 1.807) is 13.8 Å². The molecule has 0 aliphatic heterocycles. The van der Waals surface area contributed by atoms with Gasteiger partial charge in [-0.05, 0) is 41.3 Å². The van der Waals surface area contributed by atoms with Crippen LogP contribution in [-0.2, 0) is 21.0 Å². The number of sulfonamides is 1. The first kappa shape index (κ1) is 21.3. The molecular formula is C19H18F4N2O3S. The van der Waals surface area contributed by atoms with Crippen molar-refractivity contribution in [3.8, 4) is 0 Å². The van der Waals surface area contributed by atoms with E-state index in [9.17, 15) is 30.8 Å². The summed E-state index contributed by atoms with van der Waals surface area (Å²) in [5, 5.41) is 7.32. The predicted molar refractivity (Wildman–Crippen MR) is 97.9 cm³/mol. The van der Waals surface area contributed by atoms with Gasteiger partial charge < -0.3 is 5.32 Å². The first-order valence-corrected chi connectivity index (χ1v) is 10.1. The van der Waals surface area contributed by atoms with Gasteiger partial charge in [-0.25, -0.2) is 17.9 Å². The van der Waals surface area contributed by atoms with Crippen molar-refractivity contribution in [1.82, 2.24) is 0 Å². The van der Waals surface area contributed by atoms with Crippen LogP contribution in [0.15, 0.2) is 47.4 Å². The van der Waals surface area contributed by atoms with E-state index in [0.29, 0.717) is 11.6 Å². The molecule has 1 fully saturated rings. The lowest BCUT2D eigenvalue weighted by atomic mass is 10.0. The van der Waals surface area contributed by atoms with Gasteiger partial charge in [0.25, 0.3) is 0 Å². The lowest BCUT2D eigenvalue weighted by molar-refractivity contribution is -0.137. The van der Waals surface area contributed by atoms with Gasteiger partial charge in [0.05, 0.1) is 22.1 Å². The normalized spacial score (nSPS) is 20.9. The van der Waals surface area contributed by atoms with Crippen LogP contribution in [0.2, 0.25) is 0 Å². The fourth-order valence-electron chi connectivity index (χ4n) is 3.68. The highest BCUT2D eigenvalue weighted by atomic mass is 32.2. The number of nitrogens with one attached hydrogen (secondary N) is 1. The molecule has 0 radical (unpaired) electrons. The number of alkyl halides is 3. The monoisotopic (exact) mass is 430 g/mol. The van der Waals surface area contributed by atoms with Crippen molar-refractivity contribution in [2.75, 3.05) is 5.32 Å². The molecule has 0 saturated heterocycles. The Morgan fingerprint density at radius 3 is 2.21 bits per heavy atom. The highest BCUT2D eigenvalue weighted by molar-refractivity contribution is 7.89. The van der Waals surface area contributed by atoms with Gasteiger partial charge in [-0.2, -0.15) is 13.2 Å². The van der Waals surface area contributed by atoms with Crippen LogP contribution in [-0.4, -0.2) is 14.3 Å². The van der Waals surface area contributed by atoms with Gasteiger partial charge in [0.1, 0.15) is 5.82 Å². The van der Waals surface area contributed by atoms with E-state index in [2.05, 4.69) is 5.32 Å². The second-order valence-corrected chi connectivity index (χ2v) is 9.13. The third-order valence-corrected chi connectivity index (χ3v) is 6.15. The van der Waals surface area contributed by atoms with Crippen LogP contribution in [0.3, 0.4) is 0 Å². The van der Waals surface area contributed by atoms with Crippen LogP contribution >= 0.6 is 0 Å². The van der Waals surface area contributed by atoms with Gasteiger partial charge in [-0.3, -0.25) is 4.79 Å². The minimum atomic E-state index is -4.83. The summed E-state index contributed by atoms with van der Waals surface area (Å²) in [7, 11) is -3.86. The Hall–Kier alpha value is -2.46. The van der Waals surface area contributed by atoms with Crippen LogP contribution < -0.4 is 10.5 Å². The molecular weight excluding hydrogens is 412 g/mol. The smallest absolute Gasteiger partial charge is 0.325 e. The fraction of sp³-hybridized carbons (Fsp3) is 0.316. The summed E-state index contributed by atoms with van der Waals surface area (Å²) < 4.78 is 75.4. The highest BCUT2D eigenvalue weighted by Gasteiger charge is 2.62. The summed E-state index contributed by atoms with van der Waals surface area (Å²) in [4.78, 5) is 12.6. The van der Waals surface area contributed by atoms with Crippen molar-refractivity contribution in [1.29, 1.82) is 0 Å².